The first-order valence-electron chi connectivity index (χ1n) is 8.55. The molecule has 1 aliphatic rings. The van der Waals surface area contributed by atoms with Crippen molar-refractivity contribution in [2.24, 2.45) is 4.99 Å². The van der Waals surface area contributed by atoms with Gasteiger partial charge in [-0.25, -0.2) is 14.6 Å². The van der Waals surface area contributed by atoms with Crippen LogP contribution < -0.4 is 10.6 Å². The average Bonchev–Trinajstić information content (AvgIpc) is 3.32. The molecule has 0 fully saturated rings. The zero-order valence-electron chi connectivity index (χ0n) is 15.3. The lowest BCUT2D eigenvalue weighted by Crippen LogP contribution is -2.46. The van der Waals surface area contributed by atoms with E-state index in [2.05, 4.69) is 30.7 Å². The third-order valence-corrected chi connectivity index (χ3v) is 5.09. The standard InChI is InChI=1S/C16H22N8OS.HI/c1-17-15(18-7-12-8-23-5-6-26-16(23)20-12)19-11-3-4-14-21-13(10-25-2)22-24(14)9-11;/h5-6,8,11H,3-4,7,9-10H2,1-2H3,(H2,17,18,19);1H. The van der Waals surface area contributed by atoms with Crippen molar-refractivity contribution >= 4 is 46.2 Å². The Hall–Kier alpha value is -1.73. The summed E-state index contributed by atoms with van der Waals surface area (Å²) in [4.78, 5) is 14.4. The number of guanidine groups is 1. The van der Waals surface area contributed by atoms with Crippen LogP contribution in [0.25, 0.3) is 4.96 Å². The van der Waals surface area contributed by atoms with Gasteiger partial charge in [0.2, 0.25) is 0 Å². The van der Waals surface area contributed by atoms with Gasteiger partial charge in [0.25, 0.3) is 0 Å². The fourth-order valence-corrected chi connectivity index (χ4v) is 3.81. The Balaban J connectivity index is 0.00000210. The van der Waals surface area contributed by atoms with Crippen molar-refractivity contribution in [3.8, 4) is 0 Å². The van der Waals surface area contributed by atoms with Crippen LogP contribution in [-0.2, 0) is 30.9 Å². The smallest absolute Gasteiger partial charge is 0.193 e. The summed E-state index contributed by atoms with van der Waals surface area (Å²) in [5.41, 5.74) is 0.992. The Morgan fingerprint density at radius 2 is 2.33 bits per heavy atom. The van der Waals surface area contributed by atoms with Gasteiger partial charge >= 0.3 is 0 Å². The Labute approximate surface area is 178 Å². The number of aliphatic imine (C=N–C) groups is 1. The van der Waals surface area contributed by atoms with Gasteiger partial charge in [-0.05, 0) is 6.42 Å². The molecule has 1 atom stereocenters. The number of aromatic nitrogens is 5. The van der Waals surface area contributed by atoms with Gasteiger partial charge < -0.3 is 15.4 Å². The van der Waals surface area contributed by atoms with E-state index in [1.165, 1.54) is 0 Å². The van der Waals surface area contributed by atoms with Crippen molar-refractivity contribution in [2.45, 2.75) is 38.6 Å². The number of halogens is 1. The van der Waals surface area contributed by atoms with Crippen molar-refractivity contribution in [1.29, 1.82) is 0 Å². The van der Waals surface area contributed by atoms with E-state index in [1.807, 2.05) is 26.9 Å². The lowest BCUT2D eigenvalue weighted by atomic mass is 10.1. The molecule has 0 aromatic carbocycles. The number of ether oxygens (including phenoxy) is 1. The molecule has 2 N–H and O–H groups in total. The number of thiazole rings is 1. The third-order valence-electron chi connectivity index (χ3n) is 4.32. The van der Waals surface area contributed by atoms with Crippen molar-refractivity contribution in [3.05, 3.63) is 35.1 Å². The van der Waals surface area contributed by atoms with Crippen LogP contribution in [0.1, 0.15) is 23.8 Å². The number of rotatable bonds is 5. The van der Waals surface area contributed by atoms with Gasteiger partial charge in [0.05, 0.1) is 18.8 Å². The Kier molecular flexibility index (Phi) is 6.65. The molecular formula is C16H23IN8OS. The van der Waals surface area contributed by atoms with E-state index in [4.69, 9.17) is 4.74 Å². The quantitative estimate of drug-likeness (QED) is 0.312. The highest BCUT2D eigenvalue weighted by Gasteiger charge is 2.22. The maximum Gasteiger partial charge on any atom is 0.193 e. The van der Waals surface area contributed by atoms with E-state index in [-0.39, 0.29) is 30.0 Å². The number of imidazole rings is 1. The molecule has 0 radical (unpaired) electrons. The summed E-state index contributed by atoms with van der Waals surface area (Å²) < 4.78 is 9.11. The molecule has 0 saturated carbocycles. The number of hydrogen-bond acceptors (Lipinski definition) is 6. The van der Waals surface area contributed by atoms with E-state index in [1.54, 1.807) is 25.5 Å². The summed E-state index contributed by atoms with van der Waals surface area (Å²) in [6.45, 7) is 1.85. The van der Waals surface area contributed by atoms with Crippen molar-refractivity contribution in [3.63, 3.8) is 0 Å². The molecule has 11 heteroatoms. The zero-order valence-corrected chi connectivity index (χ0v) is 18.4. The van der Waals surface area contributed by atoms with Crippen LogP contribution >= 0.6 is 35.3 Å². The minimum Gasteiger partial charge on any atom is -0.377 e. The Morgan fingerprint density at radius 3 is 3.11 bits per heavy atom. The van der Waals surface area contributed by atoms with Gasteiger partial charge in [0.1, 0.15) is 12.4 Å². The fraction of sp³-hybridized carbons (Fsp3) is 0.500. The average molecular weight is 502 g/mol. The highest BCUT2D eigenvalue weighted by molar-refractivity contribution is 14.0. The van der Waals surface area contributed by atoms with Crippen LogP contribution in [0.5, 0.6) is 0 Å². The maximum atomic E-state index is 5.11. The van der Waals surface area contributed by atoms with Crippen LogP contribution in [0.3, 0.4) is 0 Å². The molecule has 0 amide bonds. The number of nitrogens with one attached hydrogen (secondary N) is 2. The summed E-state index contributed by atoms with van der Waals surface area (Å²) in [6.07, 6.45) is 5.93. The molecule has 0 bridgehead atoms. The second-order valence-electron chi connectivity index (χ2n) is 6.19. The summed E-state index contributed by atoms with van der Waals surface area (Å²) in [5, 5.41) is 13.3. The second-order valence-corrected chi connectivity index (χ2v) is 7.06. The minimum absolute atomic E-state index is 0. The summed E-state index contributed by atoms with van der Waals surface area (Å²) in [5.74, 6) is 2.54. The predicted octanol–water partition coefficient (Wildman–Crippen LogP) is 1.43. The van der Waals surface area contributed by atoms with Crippen LogP contribution in [-0.4, -0.2) is 50.3 Å². The first-order valence-corrected chi connectivity index (χ1v) is 9.43. The van der Waals surface area contributed by atoms with E-state index < -0.39 is 0 Å². The Morgan fingerprint density at radius 1 is 1.44 bits per heavy atom. The second kappa shape index (κ2) is 8.97. The molecule has 3 aromatic heterocycles. The van der Waals surface area contributed by atoms with Crippen LogP contribution in [0.4, 0.5) is 0 Å². The number of methoxy groups -OCH3 is 1. The molecule has 1 aliphatic heterocycles. The van der Waals surface area contributed by atoms with Gasteiger partial charge in [-0.1, -0.05) is 0 Å². The van der Waals surface area contributed by atoms with Crippen LogP contribution in [0.15, 0.2) is 22.8 Å². The molecule has 27 heavy (non-hydrogen) atoms. The highest BCUT2D eigenvalue weighted by Crippen LogP contribution is 2.14. The molecule has 4 rings (SSSR count). The molecule has 0 saturated heterocycles. The molecule has 9 nitrogen and oxygen atoms in total. The van der Waals surface area contributed by atoms with Gasteiger partial charge in [0, 0.05) is 44.4 Å². The van der Waals surface area contributed by atoms with Gasteiger partial charge in [-0.15, -0.1) is 35.3 Å². The van der Waals surface area contributed by atoms with Gasteiger partial charge in [-0.2, -0.15) is 5.10 Å². The maximum absolute atomic E-state index is 5.11. The first-order chi connectivity index (χ1) is 12.7. The molecule has 3 aromatic rings. The molecule has 1 unspecified atom stereocenters. The number of fused-ring (bicyclic) bond motifs is 2. The number of aryl methyl sites for hydroxylation is 1. The van der Waals surface area contributed by atoms with Gasteiger partial charge in [-0.3, -0.25) is 9.39 Å². The monoisotopic (exact) mass is 502 g/mol. The normalized spacial score (nSPS) is 16.8. The summed E-state index contributed by atoms with van der Waals surface area (Å²) in [6, 6.07) is 0.260. The molecular weight excluding hydrogens is 479 g/mol. The lowest BCUT2D eigenvalue weighted by molar-refractivity contribution is 0.177. The van der Waals surface area contributed by atoms with Crippen LogP contribution in [0.2, 0.25) is 0 Å². The SMILES string of the molecule is CN=C(NCc1cn2ccsc2n1)NC1CCc2nc(COC)nn2C1.I. The summed E-state index contributed by atoms with van der Waals surface area (Å²) in [7, 11) is 3.44. The van der Waals surface area contributed by atoms with E-state index in [0.717, 1.165) is 47.6 Å². The zero-order chi connectivity index (χ0) is 17.9. The molecule has 0 spiro atoms. The first kappa shape index (κ1) is 20.0. The van der Waals surface area contributed by atoms with Crippen LogP contribution in [0, 0.1) is 0 Å². The molecule has 0 aliphatic carbocycles. The highest BCUT2D eigenvalue weighted by atomic mass is 127. The lowest BCUT2D eigenvalue weighted by Gasteiger charge is -2.25. The molecule has 4 heterocycles. The number of nitrogens with zero attached hydrogens (tertiary/aromatic N) is 6. The topological polar surface area (TPSA) is 93.7 Å². The van der Waals surface area contributed by atoms with Crippen molar-refractivity contribution in [2.75, 3.05) is 14.2 Å². The summed E-state index contributed by atoms with van der Waals surface area (Å²) >= 11 is 1.63. The minimum atomic E-state index is 0. The third kappa shape index (κ3) is 4.58. The van der Waals surface area contributed by atoms with E-state index >= 15 is 0 Å². The molecule has 146 valence electrons. The van der Waals surface area contributed by atoms with Crippen molar-refractivity contribution in [1.82, 2.24) is 34.8 Å². The largest absolute Gasteiger partial charge is 0.377 e. The van der Waals surface area contributed by atoms with Gasteiger partial charge in [0.15, 0.2) is 16.7 Å². The Bertz CT molecular complexity index is 888. The van der Waals surface area contributed by atoms with E-state index in [9.17, 15) is 0 Å². The number of hydrogen-bond donors (Lipinski definition) is 2. The van der Waals surface area contributed by atoms with E-state index in [0.29, 0.717) is 13.2 Å². The van der Waals surface area contributed by atoms with Crippen molar-refractivity contribution < 1.29 is 4.74 Å². The fourth-order valence-electron chi connectivity index (χ4n) is 3.09. The predicted molar refractivity (Wildman–Crippen MR) is 115 cm³/mol.